The molecule has 0 amide bonds. The summed E-state index contributed by atoms with van der Waals surface area (Å²) in [6.45, 7) is 0. The van der Waals surface area contributed by atoms with E-state index in [1.165, 1.54) is 0 Å². The van der Waals surface area contributed by atoms with Gasteiger partial charge in [-0.2, -0.15) is 0 Å². The number of hydrogen-bond acceptors (Lipinski definition) is 1. The molecule has 26 heavy (non-hydrogen) atoms. The van der Waals surface area contributed by atoms with E-state index in [9.17, 15) is 5.11 Å². The summed E-state index contributed by atoms with van der Waals surface area (Å²) in [5.41, 5.74) is 6.39. The predicted molar refractivity (Wildman–Crippen MR) is 113 cm³/mol. The summed E-state index contributed by atoms with van der Waals surface area (Å²) in [4.78, 5) is 0. The molecule has 2 heteroatoms. The lowest BCUT2D eigenvalue weighted by Crippen LogP contribution is -2.09. The molecular weight excluding hydrogens is 335 g/mol. The van der Waals surface area contributed by atoms with Crippen LogP contribution in [0.2, 0.25) is 0 Å². The normalized spacial score (nSPS) is 10.8. The molecule has 0 aliphatic carbocycles. The predicted octanol–water partition coefficient (Wildman–Crippen LogP) is 4.99. The topological polar surface area (TPSA) is 23.1 Å². The van der Waals surface area contributed by atoms with Gasteiger partial charge in [-0.25, -0.2) is 0 Å². The Hall–Kier alpha value is -2.89. The minimum absolute atomic E-state index is 0.0840. The summed E-state index contributed by atoms with van der Waals surface area (Å²) in [7, 11) is 1.68. The number of rotatable bonds is 3. The number of hydrogen-bond donors (Lipinski definition) is 0. The van der Waals surface area contributed by atoms with E-state index in [1.807, 2.05) is 54.6 Å². The van der Waals surface area contributed by atoms with Crippen molar-refractivity contribution in [3.8, 4) is 39.1 Å². The van der Waals surface area contributed by atoms with Crippen molar-refractivity contribution in [3.05, 3.63) is 97.1 Å². The second-order valence-electron chi connectivity index (χ2n) is 6.25. The van der Waals surface area contributed by atoms with Gasteiger partial charge in [0.15, 0.2) is 0 Å². The first-order valence-electron chi connectivity index (χ1n) is 8.62. The third kappa shape index (κ3) is 3.03. The van der Waals surface area contributed by atoms with Crippen LogP contribution in [0.15, 0.2) is 97.1 Å². The van der Waals surface area contributed by atoms with Crippen molar-refractivity contribution in [2.75, 3.05) is 0 Å². The van der Waals surface area contributed by atoms with Crippen LogP contribution in [0.1, 0.15) is 0 Å². The maximum atomic E-state index is 12.8. The van der Waals surface area contributed by atoms with Crippen LogP contribution in [0.4, 0.5) is 0 Å². The van der Waals surface area contributed by atoms with E-state index in [2.05, 4.69) is 36.4 Å². The largest absolute Gasteiger partial charge is 0.870 e. The van der Waals surface area contributed by atoms with Gasteiger partial charge in [0.2, 0.25) is 0 Å². The molecule has 126 valence electrons. The molecule has 0 aromatic heterocycles. The molecule has 1 nitrogen and oxygen atoms in total. The molecule has 0 aliphatic rings. The third-order valence-electron chi connectivity index (χ3n) is 4.60. The smallest absolute Gasteiger partial charge is 0.0872 e. The Bertz CT molecular complexity index is 1030. The molecule has 4 aromatic rings. The van der Waals surface area contributed by atoms with Crippen molar-refractivity contribution in [1.82, 2.24) is 0 Å². The summed E-state index contributed by atoms with van der Waals surface area (Å²) in [6.07, 6.45) is 0. The molecule has 0 spiro atoms. The van der Waals surface area contributed by atoms with Crippen LogP contribution >= 0.6 is 9.24 Å². The van der Waals surface area contributed by atoms with Crippen molar-refractivity contribution in [3.63, 3.8) is 0 Å². The van der Waals surface area contributed by atoms with Crippen LogP contribution in [-0.4, -0.2) is 0 Å². The minimum Gasteiger partial charge on any atom is -0.870 e. The summed E-state index contributed by atoms with van der Waals surface area (Å²) in [5.74, 6) is 0.0840. The van der Waals surface area contributed by atoms with Crippen molar-refractivity contribution < 1.29 is 5.11 Å². The minimum atomic E-state index is 0.0840. The highest BCUT2D eigenvalue weighted by Crippen LogP contribution is 2.41. The summed E-state index contributed by atoms with van der Waals surface area (Å²) in [6, 6.07) is 32.5. The fourth-order valence-electron chi connectivity index (χ4n) is 3.37. The molecule has 0 fully saturated rings. The van der Waals surface area contributed by atoms with Gasteiger partial charge in [0, 0.05) is 20.4 Å². The van der Waals surface area contributed by atoms with E-state index in [-0.39, 0.29) is 5.75 Å². The zero-order valence-corrected chi connectivity index (χ0v) is 15.8. The van der Waals surface area contributed by atoms with Gasteiger partial charge < -0.3 is 5.11 Å². The standard InChI is InChI=1S/C24H19OP/c25-21-16-20(17-10-4-1-5-11-17)22(18-12-6-2-7-13-18)23(24(21)26)19-14-8-3-9-15-19/h1-16,25H,26H2. The molecule has 0 heterocycles. The van der Waals surface area contributed by atoms with E-state index in [1.54, 1.807) is 15.3 Å². The van der Waals surface area contributed by atoms with Gasteiger partial charge in [-0.05, 0) is 22.3 Å². The van der Waals surface area contributed by atoms with Crippen LogP contribution in [0.25, 0.3) is 33.4 Å². The van der Waals surface area contributed by atoms with Gasteiger partial charge in [0.25, 0.3) is 0 Å². The van der Waals surface area contributed by atoms with Crippen LogP contribution < -0.4 is 10.4 Å². The first-order chi connectivity index (χ1) is 12.8. The van der Waals surface area contributed by atoms with E-state index >= 15 is 0 Å². The maximum absolute atomic E-state index is 12.8. The first kappa shape index (κ1) is 16.6. The van der Waals surface area contributed by atoms with Crippen molar-refractivity contribution in [2.24, 2.45) is 0 Å². The molecule has 4 aromatic carbocycles. The molecule has 1 unspecified atom stereocenters. The van der Waals surface area contributed by atoms with Crippen LogP contribution in [0.5, 0.6) is 5.75 Å². The molecule has 0 saturated carbocycles. The Balaban J connectivity index is 2.12. The van der Waals surface area contributed by atoms with E-state index < -0.39 is 0 Å². The molecule has 0 N–H and O–H groups in total. The maximum Gasteiger partial charge on any atom is 0.0872 e. The van der Waals surface area contributed by atoms with Crippen LogP contribution in [0.3, 0.4) is 0 Å². The van der Waals surface area contributed by atoms with E-state index in [0.717, 1.165) is 38.7 Å². The summed E-state index contributed by atoms with van der Waals surface area (Å²) in [5, 5.41) is 13.6. The highest BCUT2D eigenvalue weighted by atomic mass is 31.0. The Kier molecular flexibility index (Phi) is 4.56. The van der Waals surface area contributed by atoms with Gasteiger partial charge in [-0.1, -0.05) is 103 Å². The van der Waals surface area contributed by atoms with Gasteiger partial charge in [0.1, 0.15) is 0 Å². The molecule has 0 radical (unpaired) electrons. The fraction of sp³-hybridized carbons (Fsp3) is 0. The third-order valence-corrected chi connectivity index (χ3v) is 5.31. The molecule has 0 aliphatic heterocycles. The SMILES string of the molecule is [O-]c1cc(-c2ccccc2)c(-c2ccccc2)c(-c2ccccc2)c1[PH3+]. The van der Waals surface area contributed by atoms with Crippen molar-refractivity contribution >= 4 is 14.5 Å². The second-order valence-corrected chi connectivity index (χ2v) is 6.96. The second kappa shape index (κ2) is 7.15. The lowest BCUT2D eigenvalue weighted by molar-refractivity contribution is -0.266. The fourth-order valence-corrected chi connectivity index (χ4v) is 3.86. The summed E-state index contributed by atoms with van der Waals surface area (Å²) >= 11 is 0. The van der Waals surface area contributed by atoms with Crippen molar-refractivity contribution in [2.45, 2.75) is 0 Å². The van der Waals surface area contributed by atoms with Crippen molar-refractivity contribution in [1.29, 1.82) is 0 Å². The highest BCUT2D eigenvalue weighted by molar-refractivity contribution is 7.28. The molecule has 4 rings (SSSR count). The highest BCUT2D eigenvalue weighted by Gasteiger charge is 2.19. The quantitative estimate of drug-likeness (QED) is 0.475. The average molecular weight is 354 g/mol. The molecule has 1 atom stereocenters. The molecule has 0 saturated heterocycles. The molecule has 0 bridgehead atoms. The number of benzene rings is 4. The first-order valence-corrected chi connectivity index (χ1v) is 9.32. The molecular formula is C24H19OP. The lowest BCUT2D eigenvalue weighted by atomic mass is 9.87. The van der Waals surface area contributed by atoms with E-state index in [0.29, 0.717) is 0 Å². The van der Waals surface area contributed by atoms with Gasteiger partial charge in [-0.15, -0.1) is 0 Å². The Morgan fingerprint density at radius 2 is 0.962 bits per heavy atom. The lowest BCUT2D eigenvalue weighted by Gasteiger charge is -2.21. The monoisotopic (exact) mass is 354 g/mol. The Morgan fingerprint density at radius 1 is 0.538 bits per heavy atom. The average Bonchev–Trinajstić information content (AvgIpc) is 2.71. The Labute approximate surface area is 156 Å². The van der Waals surface area contributed by atoms with Crippen LogP contribution in [-0.2, 0) is 0 Å². The zero-order chi connectivity index (χ0) is 17.9. The zero-order valence-electron chi connectivity index (χ0n) is 14.4. The van der Waals surface area contributed by atoms with E-state index in [4.69, 9.17) is 0 Å². The van der Waals surface area contributed by atoms with Gasteiger partial charge >= 0.3 is 0 Å². The Morgan fingerprint density at radius 3 is 1.46 bits per heavy atom. The summed E-state index contributed by atoms with van der Waals surface area (Å²) < 4.78 is 0. The van der Waals surface area contributed by atoms with Gasteiger partial charge in [-0.3, -0.25) is 0 Å². The van der Waals surface area contributed by atoms with Gasteiger partial charge in [0.05, 0.1) is 5.30 Å². The van der Waals surface area contributed by atoms with Crippen LogP contribution in [0, 0.1) is 0 Å².